The molecule has 0 radical (unpaired) electrons. The van der Waals surface area contributed by atoms with Crippen LogP contribution >= 0.6 is 27.5 Å². The third kappa shape index (κ3) is 4.94. The zero-order chi connectivity index (χ0) is 19.2. The molecule has 0 heterocycles. The first-order chi connectivity index (χ1) is 13.1. The molecule has 2 nitrogen and oxygen atoms in total. The van der Waals surface area contributed by atoms with Crippen molar-refractivity contribution in [2.45, 2.75) is 5.92 Å². The molecule has 0 saturated heterocycles. The Hall–Kier alpha value is -2.23. The molecule has 0 spiro atoms. The highest BCUT2D eigenvalue weighted by Crippen LogP contribution is 2.34. The number of halogens is 2. The predicted molar refractivity (Wildman–Crippen MR) is 116 cm³/mol. The van der Waals surface area contributed by atoms with Gasteiger partial charge in [-0.1, -0.05) is 70.0 Å². The summed E-state index contributed by atoms with van der Waals surface area (Å²) in [6.07, 6.45) is 2.20. The number of hydrogen-bond acceptors (Lipinski definition) is 2. The van der Waals surface area contributed by atoms with Crippen LogP contribution in [0.1, 0.15) is 22.6 Å². The number of rotatable bonds is 6. The molecule has 0 saturated carbocycles. The summed E-state index contributed by atoms with van der Waals surface area (Å²) < 4.78 is 11.6. The highest BCUT2D eigenvalue weighted by Gasteiger charge is 2.14. The summed E-state index contributed by atoms with van der Waals surface area (Å²) in [4.78, 5) is 0. The van der Waals surface area contributed by atoms with Crippen LogP contribution in [0.25, 0.3) is 4.48 Å². The van der Waals surface area contributed by atoms with Gasteiger partial charge in [0.15, 0.2) is 0 Å². The summed E-state index contributed by atoms with van der Waals surface area (Å²) in [5.41, 5.74) is 3.42. The second kappa shape index (κ2) is 9.12. The Balaban J connectivity index is 2.02. The molecule has 0 N–H and O–H groups in total. The number of methoxy groups -OCH3 is 2. The molecule has 4 heteroatoms. The Kier molecular flexibility index (Phi) is 6.59. The van der Waals surface area contributed by atoms with Gasteiger partial charge in [-0.2, -0.15) is 0 Å². The quantitative estimate of drug-likeness (QED) is 0.411. The van der Waals surface area contributed by atoms with Crippen LogP contribution < -0.4 is 9.47 Å². The third-order valence-electron chi connectivity index (χ3n) is 4.38. The first kappa shape index (κ1) is 19.5. The average molecular weight is 444 g/mol. The van der Waals surface area contributed by atoms with Crippen LogP contribution in [0.4, 0.5) is 0 Å². The van der Waals surface area contributed by atoms with Crippen molar-refractivity contribution in [3.8, 4) is 11.5 Å². The molecule has 0 unspecified atom stereocenters. The van der Waals surface area contributed by atoms with E-state index in [-0.39, 0.29) is 5.92 Å². The number of benzene rings is 3. The zero-order valence-corrected chi connectivity index (χ0v) is 17.5. The van der Waals surface area contributed by atoms with Crippen LogP contribution in [0.15, 0.2) is 78.9 Å². The average Bonchev–Trinajstić information content (AvgIpc) is 2.72. The molecule has 0 aliphatic heterocycles. The van der Waals surface area contributed by atoms with Crippen molar-refractivity contribution < 1.29 is 9.47 Å². The Morgan fingerprint density at radius 3 is 1.63 bits per heavy atom. The Morgan fingerprint density at radius 1 is 0.778 bits per heavy atom. The van der Waals surface area contributed by atoms with E-state index in [1.807, 2.05) is 48.5 Å². The van der Waals surface area contributed by atoms with E-state index >= 15 is 0 Å². The van der Waals surface area contributed by atoms with E-state index in [4.69, 9.17) is 21.1 Å². The Labute approximate surface area is 173 Å². The Morgan fingerprint density at radius 2 is 1.22 bits per heavy atom. The summed E-state index contributed by atoms with van der Waals surface area (Å²) >= 11 is 9.74. The summed E-state index contributed by atoms with van der Waals surface area (Å²) in [6.45, 7) is 0. The molecule has 3 aromatic rings. The lowest BCUT2D eigenvalue weighted by Crippen LogP contribution is -1.99. The summed E-state index contributed by atoms with van der Waals surface area (Å²) in [7, 11) is 3.35. The normalized spacial score (nSPS) is 11.5. The van der Waals surface area contributed by atoms with Crippen LogP contribution in [-0.4, -0.2) is 14.2 Å². The van der Waals surface area contributed by atoms with Gasteiger partial charge in [-0.3, -0.25) is 0 Å². The lowest BCUT2D eigenvalue weighted by Gasteiger charge is -2.16. The molecule has 138 valence electrons. The highest BCUT2D eigenvalue weighted by molar-refractivity contribution is 9.15. The van der Waals surface area contributed by atoms with Crippen molar-refractivity contribution in [1.29, 1.82) is 0 Å². The third-order valence-corrected chi connectivity index (χ3v) is 5.36. The second-order valence-electron chi connectivity index (χ2n) is 6.05. The van der Waals surface area contributed by atoms with Gasteiger partial charge in [-0.15, -0.1) is 0 Å². The largest absolute Gasteiger partial charge is 0.497 e. The minimum atomic E-state index is 0.0758. The zero-order valence-electron chi connectivity index (χ0n) is 15.2. The number of allylic oxidation sites excluding steroid dienone is 1. The summed E-state index contributed by atoms with van der Waals surface area (Å²) in [6, 6.07) is 24.1. The fourth-order valence-corrected chi connectivity index (χ4v) is 3.51. The van der Waals surface area contributed by atoms with Crippen molar-refractivity contribution in [3.05, 3.63) is 101 Å². The van der Waals surface area contributed by atoms with Crippen molar-refractivity contribution in [3.63, 3.8) is 0 Å². The molecule has 3 aromatic carbocycles. The highest BCUT2D eigenvalue weighted by atomic mass is 79.9. The van der Waals surface area contributed by atoms with Gasteiger partial charge < -0.3 is 9.47 Å². The fourth-order valence-electron chi connectivity index (χ4n) is 2.86. The van der Waals surface area contributed by atoms with Crippen LogP contribution in [-0.2, 0) is 0 Å². The molecule has 0 bridgehead atoms. The van der Waals surface area contributed by atoms with E-state index in [1.165, 1.54) is 11.1 Å². The van der Waals surface area contributed by atoms with Gasteiger partial charge in [0.25, 0.3) is 0 Å². The fraction of sp³-hybridized carbons (Fsp3) is 0.130. The van der Waals surface area contributed by atoms with Gasteiger partial charge in [0.1, 0.15) is 11.5 Å². The maximum atomic E-state index is 6.01. The topological polar surface area (TPSA) is 18.5 Å². The predicted octanol–water partition coefficient (Wildman–Crippen LogP) is 6.93. The molecule has 27 heavy (non-hydrogen) atoms. The van der Waals surface area contributed by atoms with E-state index in [1.54, 1.807) is 14.2 Å². The summed E-state index contributed by atoms with van der Waals surface area (Å²) in [5.74, 6) is 1.76. The van der Waals surface area contributed by atoms with E-state index in [0.717, 1.165) is 26.6 Å². The lowest BCUT2D eigenvalue weighted by atomic mass is 9.90. The van der Waals surface area contributed by atoms with Gasteiger partial charge in [0.05, 0.1) is 14.2 Å². The van der Waals surface area contributed by atoms with Gasteiger partial charge in [0, 0.05) is 15.4 Å². The molecule has 0 aliphatic carbocycles. The first-order valence-corrected chi connectivity index (χ1v) is 9.69. The van der Waals surface area contributed by atoms with E-state index in [0.29, 0.717) is 0 Å². The maximum absolute atomic E-state index is 6.01. The number of ether oxygens (including phenoxy) is 2. The van der Waals surface area contributed by atoms with Gasteiger partial charge >= 0.3 is 0 Å². The van der Waals surface area contributed by atoms with E-state index in [2.05, 4.69) is 46.3 Å². The molecule has 0 aliphatic rings. The van der Waals surface area contributed by atoms with E-state index < -0.39 is 0 Å². The van der Waals surface area contributed by atoms with Crippen molar-refractivity contribution >= 4 is 32.0 Å². The molecule has 0 fully saturated rings. The van der Waals surface area contributed by atoms with Crippen LogP contribution in [0, 0.1) is 0 Å². The van der Waals surface area contributed by atoms with Gasteiger partial charge in [-0.05, 0) is 53.1 Å². The van der Waals surface area contributed by atoms with Crippen LogP contribution in [0.5, 0.6) is 11.5 Å². The van der Waals surface area contributed by atoms with E-state index in [9.17, 15) is 0 Å². The van der Waals surface area contributed by atoms with Crippen molar-refractivity contribution in [1.82, 2.24) is 0 Å². The second-order valence-corrected chi connectivity index (χ2v) is 7.34. The Bertz CT molecular complexity index is 853. The first-order valence-electron chi connectivity index (χ1n) is 8.52. The minimum Gasteiger partial charge on any atom is -0.497 e. The molecule has 0 aromatic heterocycles. The number of hydrogen-bond donors (Lipinski definition) is 0. The van der Waals surface area contributed by atoms with Gasteiger partial charge in [-0.25, -0.2) is 0 Å². The molecule has 3 rings (SSSR count). The molecular weight excluding hydrogens is 424 g/mol. The summed E-state index contributed by atoms with van der Waals surface area (Å²) in [5, 5.41) is 0.723. The maximum Gasteiger partial charge on any atom is 0.118 e. The minimum absolute atomic E-state index is 0.0758. The standard InChI is InChI=1S/C23H20BrClO2/c1-26-20-11-5-16(6-12-20)22(17-7-13-21(27-2)14-8-17)15-23(24)18-3-9-19(25)10-4-18/h3-15,22H,1-2H3/b23-15+. The van der Waals surface area contributed by atoms with Gasteiger partial charge in [0.2, 0.25) is 0 Å². The molecule has 0 amide bonds. The molecule has 0 atom stereocenters. The van der Waals surface area contributed by atoms with Crippen molar-refractivity contribution in [2.24, 2.45) is 0 Å². The monoisotopic (exact) mass is 442 g/mol. The molecular formula is C23H20BrClO2. The lowest BCUT2D eigenvalue weighted by molar-refractivity contribution is 0.414. The SMILES string of the molecule is COc1ccc(C(/C=C(/Br)c2ccc(Cl)cc2)c2ccc(OC)cc2)cc1. The van der Waals surface area contributed by atoms with Crippen LogP contribution in [0.2, 0.25) is 5.02 Å². The van der Waals surface area contributed by atoms with Crippen LogP contribution in [0.3, 0.4) is 0 Å². The van der Waals surface area contributed by atoms with Crippen molar-refractivity contribution in [2.75, 3.05) is 14.2 Å². The smallest absolute Gasteiger partial charge is 0.118 e.